The van der Waals surface area contributed by atoms with Gasteiger partial charge in [-0.15, -0.1) is 9.47 Å². The molecule has 22 heavy (non-hydrogen) atoms. The number of rotatable bonds is 1. The topological polar surface area (TPSA) is 55.4 Å². The zero-order valence-corrected chi connectivity index (χ0v) is 11.9. The predicted molar refractivity (Wildman–Crippen MR) is 79.5 cm³/mol. The fraction of sp³-hybridized carbons (Fsp3) is 0.0588. The zero-order valence-electron chi connectivity index (χ0n) is 11.9. The predicted octanol–water partition coefficient (Wildman–Crippen LogP) is 1.88. The first-order chi connectivity index (χ1) is 10.7. The Hall–Kier alpha value is -3.08. The number of aromatic amines is 1. The maximum atomic E-state index is 12.8. The van der Waals surface area contributed by atoms with Gasteiger partial charge in [0, 0.05) is 6.07 Å². The highest BCUT2D eigenvalue weighted by atomic mass is 16.2. The molecule has 4 rings (SSSR count). The summed E-state index contributed by atoms with van der Waals surface area (Å²) in [4.78, 5) is 29.7. The molecule has 0 spiro atoms. The molecule has 5 heteroatoms. The van der Waals surface area contributed by atoms with Crippen LogP contribution in [0, 0.1) is 6.92 Å². The molecule has 1 aliphatic rings. The maximum Gasteiger partial charge on any atom is 0.512 e. The van der Waals surface area contributed by atoms with E-state index in [2.05, 4.69) is 4.98 Å². The van der Waals surface area contributed by atoms with Crippen molar-refractivity contribution in [1.82, 2.24) is 0 Å². The number of para-hydroxylation sites is 2. The lowest BCUT2D eigenvalue weighted by Gasteiger charge is -2.04. The van der Waals surface area contributed by atoms with E-state index in [0.29, 0.717) is 16.9 Å². The first-order valence-corrected chi connectivity index (χ1v) is 6.98. The van der Waals surface area contributed by atoms with Gasteiger partial charge in [-0.05, 0) is 30.7 Å². The number of H-pyrrole nitrogens is 1. The van der Waals surface area contributed by atoms with E-state index in [9.17, 15) is 9.59 Å². The molecule has 2 aromatic carbocycles. The number of carbonyl (C=O) groups is 2. The van der Waals surface area contributed by atoms with Crippen molar-refractivity contribution in [1.29, 1.82) is 0 Å². The van der Waals surface area contributed by atoms with Crippen molar-refractivity contribution in [3.63, 3.8) is 0 Å². The van der Waals surface area contributed by atoms with Crippen LogP contribution < -0.4 is 14.5 Å². The van der Waals surface area contributed by atoms with Gasteiger partial charge in [0.15, 0.2) is 0 Å². The molecule has 3 aromatic rings. The van der Waals surface area contributed by atoms with Gasteiger partial charge in [0.1, 0.15) is 5.69 Å². The van der Waals surface area contributed by atoms with Gasteiger partial charge < -0.3 is 0 Å². The molecule has 5 nitrogen and oxygen atoms in total. The first kappa shape index (κ1) is 12.6. The highest BCUT2D eigenvalue weighted by molar-refractivity contribution is 6.21. The molecule has 1 N–H and O–H groups in total. The highest BCUT2D eigenvalue weighted by Gasteiger charge is 2.49. The fourth-order valence-corrected chi connectivity index (χ4v) is 2.79. The summed E-state index contributed by atoms with van der Waals surface area (Å²) >= 11 is 0. The number of benzene rings is 2. The number of carbonyl (C=O) groups excluding carboxylic acids is 2. The molecule has 0 saturated carbocycles. The summed E-state index contributed by atoms with van der Waals surface area (Å²) < 4.78 is 1.45. The molecule has 0 unspecified atom stereocenters. The quantitative estimate of drug-likeness (QED) is 0.643. The molecule has 2 heterocycles. The minimum Gasteiger partial charge on any atom is -0.236 e. The largest absolute Gasteiger partial charge is 0.512 e. The van der Waals surface area contributed by atoms with Gasteiger partial charge in [0.25, 0.3) is 11.2 Å². The number of hydrogen-bond acceptors (Lipinski definition) is 2. The van der Waals surface area contributed by atoms with E-state index in [1.165, 1.54) is 9.47 Å². The van der Waals surface area contributed by atoms with Crippen LogP contribution in [0.3, 0.4) is 0 Å². The average molecular weight is 291 g/mol. The number of aromatic nitrogens is 2. The van der Waals surface area contributed by atoms with E-state index in [-0.39, 0.29) is 11.9 Å². The molecule has 0 radical (unpaired) electrons. The molecule has 0 saturated heterocycles. The molecule has 106 valence electrons. The molecule has 0 aliphatic carbocycles. The van der Waals surface area contributed by atoms with Crippen molar-refractivity contribution in [2.24, 2.45) is 0 Å². The van der Waals surface area contributed by atoms with E-state index in [0.717, 1.165) is 11.1 Å². The number of anilines is 1. The van der Waals surface area contributed by atoms with Gasteiger partial charge in [-0.1, -0.05) is 24.3 Å². The third-order valence-corrected chi connectivity index (χ3v) is 3.81. The Balaban J connectivity index is 1.95. The number of hydrogen-bond donors (Lipinski definition) is 0. The van der Waals surface area contributed by atoms with Gasteiger partial charge in [0.05, 0.1) is 0 Å². The fourth-order valence-electron chi connectivity index (χ4n) is 2.79. The Morgan fingerprint density at radius 2 is 1.86 bits per heavy atom. The Labute approximate surface area is 126 Å². The summed E-state index contributed by atoms with van der Waals surface area (Å²) in [6.07, 6.45) is 1.58. The summed E-state index contributed by atoms with van der Waals surface area (Å²) in [7, 11) is 0. The van der Waals surface area contributed by atoms with E-state index in [1.807, 2.05) is 49.4 Å². The van der Waals surface area contributed by atoms with Crippen molar-refractivity contribution in [3.8, 4) is 0 Å². The van der Waals surface area contributed by atoms with Crippen LogP contribution in [0.1, 0.15) is 16.1 Å². The van der Waals surface area contributed by atoms with E-state index in [1.54, 1.807) is 12.3 Å². The standard InChI is InChI=1S/C17H12N3O2/c1-11-5-4-6-12(9-11)19-16(21)15-10-18-13-7-2-3-8-14(13)20(15)17(19)22/h2-10H,1H3/q+1/p+1. The van der Waals surface area contributed by atoms with Crippen LogP contribution >= 0.6 is 0 Å². The van der Waals surface area contributed by atoms with E-state index >= 15 is 0 Å². The minimum absolute atomic E-state index is 0.322. The second kappa shape index (κ2) is 4.46. The highest BCUT2D eigenvalue weighted by Crippen LogP contribution is 2.22. The lowest BCUT2D eigenvalue weighted by atomic mass is 10.2. The van der Waals surface area contributed by atoms with E-state index < -0.39 is 0 Å². The number of aryl methyl sites for hydroxylation is 1. The van der Waals surface area contributed by atoms with Gasteiger partial charge >= 0.3 is 11.9 Å². The summed E-state index contributed by atoms with van der Waals surface area (Å²) in [5.74, 6) is -0.322. The normalized spacial score (nSPS) is 13.8. The lowest BCUT2D eigenvalue weighted by molar-refractivity contribution is -0.551. The number of imide groups is 1. The number of fused-ring (bicyclic) bond motifs is 3. The second-order valence-corrected chi connectivity index (χ2v) is 5.29. The maximum absolute atomic E-state index is 12.8. The summed E-state index contributed by atoms with van der Waals surface area (Å²) in [5.41, 5.74) is 3.41. The van der Waals surface area contributed by atoms with Crippen LogP contribution in [0.25, 0.3) is 11.0 Å². The van der Waals surface area contributed by atoms with Crippen LogP contribution in [-0.2, 0) is 0 Å². The number of nitrogens with zero attached hydrogens (tertiary/aromatic N) is 2. The van der Waals surface area contributed by atoms with Crippen LogP contribution in [0.4, 0.5) is 10.5 Å². The van der Waals surface area contributed by atoms with Gasteiger partial charge in [-0.3, -0.25) is 0 Å². The van der Waals surface area contributed by atoms with Gasteiger partial charge in [0.2, 0.25) is 11.7 Å². The summed E-state index contributed by atoms with van der Waals surface area (Å²) in [6.45, 7) is 1.93. The van der Waals surface area contributed by atoms with Crippen molar-refractivity contribution in [2.75, 3.05) is 4.90 Å². The molecule has 1 aromatic heterocycles. The third-order valence-electron chi connectivity index (χ3n) is 3.81. The zero-order chi connectivity index (χ0) is 15.3. The van der Waals surface area contributed by atoms with Crippen LogP contribution in [0.5, 0.6) is 0 Å². The SMILES string of the molecule is Cc1cccc(N2C(=O)c3c[nH+]c4ccccc4[n+]3C2=O)c1. The minimum atomic E-state index is -0.351. The van der Waals surface area contributed by atoms with Crippen molar-refractivity contribution < 1.29 is 19.1 Å². The Bertz CT molecular complexity index is 950. The average Bonchev–Trinajstić information content (AvgIpc) is 2.79. The van der Waals surface area contributed by atoms with Crippen molar-refractivity contribution in [3.05, 3.63) is 66.0 Å². The first-order valence-electron chi connectivity index (χ1n) is 6.98. The van der Waals surface area contributed by atoms with Crippen LogP contribution in [-0.4, -0.2) is 11.9 Å². The molecule has 1 aliphatic heterocycles. The molecular weight excluding hydrogens is 278 g/mol. The van der Waals surface area contributed by atoms with Crippen LogP contribution in [0.2, 0.25) is 0 Å². The Kier molecular flexibility index (Phi) is 2.56. The number of nitrogens with one attached hydrogen (secondary N) is 1. The summed E-state index contributed by atoms with van der Waals surface area (Å²) in [6, 6.07) is 14.4. The molecule has 0 fully saturated rings. The van der Waals surface area contributed by atoms with E-state index in [4.69, 9.17) is 0 Å². The van der Waals surface area contributed by atoms with Crippen molar-refractivity contribution in [2.45, 2.75) is 6.92 Å². The molecule has 0 atom stereocenters. The molecule has 2 amide bonds. The van der Waals surface area contributed by atoms with Gasteiger partial charge in [-0.25, -0.2) is 9.78 Å². The Morgan fingerprint density at radius 3 is 2.68 bits per heavy atom. The second-order valence-electron chi connectivity index (χ2n) is 5.29. The lowest BCUT2D eigenvalue weighted by Crippen LogP contribution is -2.47. The Morgan fingerprint density at radius 1 is 1.05 bits per heavy atom. The number of amides is 2. The molecule has 0 bridgehead atoms. The van der Waals surface area contributed by atoms with Crippen molar-refractivity contribution >= 4 is 28.7 Å². The van der Waals surface area contributed by atoms with Gasteiger partial charge in [-0.2, -0.15) is 4.79 Å². The van der Waals surface area contributed by atoms with Crippen LogP contribution in [0.15, 0.2) is 54.7 Å². The smallest absolute Gasteiger partial charge is 0.236 e. The summed E-state index contributed by atoms with van der Waals surface area (Å²) in [5, 5.41) is 0. The third kappa shape index (κ3) is 1.65. The monoisotopic (exact) mass is 291 g/mol. The molecular formula is C17H13N3O2+2.